The molecule has 0 aliphatic heterocycles. The van der Waals surface area contributed by atoms with Crippen molar-refractivity contribution in [1.29, 1.82) is 0 Å². The van der Waals surface area contributed by atoms with Crippen molar-refractivity contribution in [2.75, 3.05) is 26.4 Å². The van der Waals surface area contributed by atoms with Crippen LogP contribution < -0.4 is 0 Å². The second-order valence-corrected chi connectivity index (χ2v) is 19.6. The Kier molecular flexibility index (Phi) is 39.9. The van der Waals surface area contributed by atoms with Crippen LogP contribution in [0.25, 0.3) is 0 Å². The lowest BCUT2D eigenvalue weighted by atomic mass is 10.0. The molecule has 0 bridgehead atoms. The smallest absolute Gasteiger partial charge is 0.462 e. The highest BCUT2D eigenvalue weighted by Gasteiger charge is 2.28. The Balaban J connectivity index is 4.68. The maximum Gasteiger partial charge on any atom is 0.472 e. The number of allylic oxidation sites excluding steroid dienone is 5. The lowest BCUT2D eigenvalue weighted by Gasteiger charge is -2.20. The zero-order valence-corrected chi connectivity index (χ0v) is 41.1. The molecule has 5 atom stereocenters. The van der Waals surface area contributed by atoms with Crippen LogP contribution in [0.2, 0.25) is 0 Å². The van der Waals surface area contributed by atoms with Crippen LogP contribution in [0.1, 0.15) is 181 Å². The number of carbonyl (C=O) groups is 2. The first-order chi connectivity index (χ1) is 30.5. The minimum atomic E-state index is -4.90. The Hall–Kier alpha value is -2.00. The molecule has 0 aromatic carbocycles. The van der Waals surface area contributed by atoms with Gasteiger partial charge in [0.2, 0.25) is 0 Å². The van der Waals surface area contributed by atoms with Gasteiger partial charge in [0.25, 0.3) is 0 Å². The number of aliphatic hydroxyl groups excluding tert-OH is 3. The fourth-order valence-electron chi connectivity index (χ4n) is 6.37. The van der Waals surface area contributed by atoms with E-state index in [9.17, 15) is 38.9 Å². The summed E-state index contributed by atoms with van der Waals surface area (Å²) < 4.78 is 47.7. The molecule has 6 N–H and O–H groups in total. The van der Waals surface area contributed by atoms with Gasteiger partial charge >= 0.3 is 27.6 Å². The van der Waals surface area contributed by atoms with Gasteiger partial charge in [-0.1, -0.05) is 179 Å². The molecule has 0 rings (SSSR count). The van der Waals surface area contributed by atoms with Crippen LogP contribution in [-0.4, -0.2) is 92.8 Å². The Morgan fingerprint density at radius 1 is 0.547 bits per heavy atom. The summed E-state index contributed by atoms with van der Waals surface area (Å²) in [5.41, 5.74) is 0. The van der Waals surface area contributed by atoms with Crippen LogP contribution >= 0.6 is 15.6 Å². The van der Waals surface area contributed by atoms with E-state index in [1.54, 1.807) is 36.5 Å². The molecule has 15 nitrogen and oxygen atoms in total. The van der Waals surface area contributed by atoms with E-state index in [2.05, 4.69) is 35.9 Å². The lowest BCUT2D eigenvalue weighted by molar-refractivity contribution is -0.161. The van der Waals surface area contributed by atoms with Crippen molar-refractivity contribution >= 4 is 27.6 Å². The van der Waals surface area contributed by atoms with Gasteiger partial charge in [0.1, 0.15) is 12.7 Å². The molecule has 0 aromatic heterocycles. The van der Waals surface area contributed by atoms with E-state index in [0.717, 1.165) is 38.0 Å². The molecule has 0 aromatic rings. The summed E-state index contributed by atoms with van der Waals surface area (Å²) >= 11 is 0. The Labute approximate surface area is 385 Å². The number of esters is 2. The van der Waals surface area contributed by atoms with Crippen LogP contribution in [0.5, 0.6) is 0 Å². The standard InChI is InChI=1S/C47H86O15P2/c1-4-5-6-7-20-25-31-42(48)32-26-22-23-27-33-43(49)34-29-36-47(52)62-45(40-61-64(56,57)60-38-44(50)37-59-63(53,54)55)39-58-46(51)35-28-21-18-16-14-12-10-8-9-11-13-15-17-19-24-30-41(2)3/h20,22-23,25-27,32-33,41-45,48-50H,4-19,21,24,28-31,34-40H2,1-3H3,(H,56,57)(H2,53,54,55)/b23-22+,25-20-,32-26+,33-27-/t42-,43-,44-,45+/m0/s1. The number of phosphoric ester groups is 2. The Bertz CT molecular complexity index is 1360. The summed E-state index contributed by atoms with van der Waals surface area (Å²) in [6.45, 7) is 3.77. The zero-order valence-electron chi connectivity index (χ0n) is 39.3. The van der Waals surface area contributed by atoms with Crippen molar-refractivity contribution < 1.29 is 71.8 Å². The van der Waals surface area contributed by atoms with Crippen LogP contribution in [0, 0.1) is 5.92 Å². The van der Waals surface area contributed by atoms with Crippen molar-refractivity contribution in [3.8, 4) is 0 Å². The van der Waals surface area contributed by atoms with Gasteiger partial charge in [-0.3, -0.25) is 23.2 Å². The fourth-order valence-corrected chi connectivity index (χ4v) is 7.53. The predicted octanol–water partition coefficient (Wildman–Crippen LogP) is 10.4. The van der Waals surface area contributed by atoms with E-state index < -0.39 is 78.4 Å². The normalized spacial score (nSPS) is 15.4. The molecule has 1 unspecified atom stereocenters. The summed E-state index contributed by atoms with van der Waals surface area (Å²) in [5.74, 6) is -0.461. The van der Waals surface area contributed by atoms with E-state index in [-0.39, 0.29) is 25.7 Å². The van der Waals surface area contributed by atoms with Crippen LogP contribution in [0.3, 0.4) is 0 Å². The third-order valence-electron chi connectivity index (χ3n) is 10.1. The summed E-state index contributed by atoms with van der Waals surface area (Å²) in [7, 11) is -9.77. The van der Waals surface area contributed by atoms with Gasteiger partial charge in [0.05, 0.1) is 32.0 Å². The maximum atomic E-state index is 12.7. The van der Waals surface area contributed by atoms with Gasteiger partial charge in [0.15, 0.2) is 6.10 Å². The SMILES string of the molecule is CCCCC/C=C\C[C@H](O)/C=C/C=C/C=C\[C@H](O)CCCC(=O)O[C@H](COC(=O)CCCCCCCCCCCCCCCCCC(C)C)COP(=O)(O)OC[C@@H](O)COP(=O)(O)O. The number of carbonyl (C=O) groups excluding carboxylic acids is 2. The second-order valence-electron chi connectivity index (χ2n) is 16.9. The third kappa shape index (κ3) is 45.2. The topological polar surface area (TPSA) is 236 Å². The maximum absolute atomic E-state index is 12.7. The number of phosphoric acid groups is 2. The van der Waals surface area contributed by atoms with Gasteiger partial charge in [0, 0.05) is 12.8 Å². The van der Waals surface area contributed by atoms with Gasteiger partial charge in [-0.05, 0) is 44.4 Å². The van der Waals surface area contributed by atoms with E-state index in [1.807, 2.05) is 6.08 Å². The number of hydrogen-bond donors (Lipinski definition) is 6. The van der Waals surface area contributed by atoms with Crippen molar-refractivity contribution in [3.05, 3.63) is 48.6 Å². The highest BCUT2D eigenvalue weighted by atomic mass is 31.2. The molecule has 0 aliphatic carbocycles. The van der Waals surface area contributed by atoms with Crippen molar-refractivity contribution in [1.82, 2.24) is 0 Å². The zero-order chi connectivity index (χ0) is 47.7. The van der Waals surface area contributed by atoms with E-state index in [1.165, 1.54) is 89.9 Å². The fraction of sp³-hybridized carbons (Fsp3) is 0.787. The molecule has 0 saturated carbocycles. The van der Waals surface area contributed by atoms with E-state index in [0.29, 0.717) is 12.8 Å². The Morgan fingerprint density at radius 3 is 1.62 bits per heavy atom. The van der Waals surface area contributed by atoms with Crippen molar-refractivity contribution in [2.24, 2.45) is 5.92 Å². The lowest BCUT2D eigenvalue weighted by Crippen LogP contribution is -2.30. The van der Waals surface area contributed by atoms with E-state index >= 15 is 0 Å². The molecule has 374 valence electrons. The molecular formula is C47H86O15P2. The second kappa shape index (κ2) is 41.2. The molecule has 0 saturated heterocycles. The molecule has 0 radical (unpaired) electrons. The molecule has 17 heteroatoms. The van der Waals surface area contributed by atoms with E-state index in [4.69, 9.17) is 23.8 Å². The summed E-state index contributed by atoms with van der Waals surface area (Å²) in [6.07, 6.45) is 34.4. The van der Waals surface area contributed by atoms with Crippen molar-refractivity contribution in [3.63, 3.8) is 0 Å². The molecule has 0 amide bonds. The van der Waals surface area contributed by atoms with Gasteiger partial charge in [-0.15, -0.1) is 0 Å². The highest BCUT2D eigenvalue weighted by Crippen LogP contribution is 2.43. The number of hydrogen-bond acceptors (Lipinski definition) is 12. The largest absolute Gasteiger partial charge is 0.472 e. The van der Waals surface area contributed by atoms with Crippen LogP contribution in [-0.2, 0) is 41.8 Å². The molecule has 0 heterocycles. The third-order valence-corrected chi connectivity index (χ3v) is 11.5. The molecular weight excluding hydrogens is 866 g/mol. The number of unbranched alkanes of at least 4 members (excludes halogenated alkanes) is 17. The summed E-state index contributed by atoms with van der Waals surface area (Å²) in [4.78, 5) is 52.8. The van der Waals surface area contributed by atoms with Gasteiger partial charge in [-0.25, -0.2) is 9.13 Å². The highest BCUT2D eigenvalue weighted by molar-refractivity contribution is 7.47. The first-order valence-electron chi connectivity index (χ1n) is 23.9. The average molecular weight is 953 g/mol. The average Bonchev–Trinajstić information content (AvgIpc) is 3.23. The first kappa shape index (κ1) is 62.0. The molecule has 0 aliphatic rings. The molecule has 0 fully saturated rings. The molecule has 64 heavy (non-hydrogen) atoms. The number of rotatable bonds is 44. The minimum Gasteiger partial charge on any atom is -0.462 e. The number of aliphatic hydroxyl groups is 3. The Morgan fingerprint density at radius 2 is 1.06 bits per heavy atom. The van der Waals surface area contributed by atoms with Crippen LogP contribution in [0.15, 0.2) is 48.6 Å². The van der Waals surface area contributed by atoms with Gasteiger partial charge < -0.3 is 39.5 Å². The quantitative estimate of drug-likeness (QED) is 0.0110. The van der Waals surface area contributed by atoms with Gasteiger partial charge in [-0.2, -0.15) is 0 Å². The number of ether oxygens (including phenoxy) is 2. The monoisotopic (exact) mass is 953 g/mol. The first-order valence-corrected chi connectivity index (χ1v) is 26.9. The minimum absolute atomic E-state index is 0.128. The molecule has 0 spiro atoms. The predicted molar refractivity (Wildman–Crippen MR) is 251 cm³/mol. The van der Waals surface area contributed by atoms with Crippen molar-refractivity contribution in [2.45, 2.75) is 206 Å². The summed E-state index contributed by atoms with van der Waals surface area (Å²) in [5, 5.41) is 30.1. The van der Waals surface area contributed by atoms with Crippen LogP contribution in [0.4, 0.5) is 0 Å². The summed E-state index contributed by atoms with van der Waals surface area (Å²) in [6, 6.07) is 0.